The number of rotatable bonds is 37. The Morgan fingerprint density at radius 3 is 1.60 bits per heavy atom. The summed E-state index contributed by atoms with van der Waals surface area (Å²) >= 11 is 0. The van der Waals surface area contributed by atoms with Crippen molar-refractivity contribution in [2.24, 2.45) is 0 Å². The SMILES string of the molecule is CC/C=C\C/C=C\C/C=C\C/C=C\CCC(=O)OC(COCCCCCCCCCCCCCCCCCC)COP(=O)(O)OCC(O)CO. The Balaban J connectivity index is 4.29. The van der Waals surface area contributed by atoms with Gasteiger partial charge in [-0.3, -0.25) is 13.8 Å². The molecule has 3 unspecified atom stereocenters. The molecule has 0 bridgehead atoms. The summed E-state index contributed by atoms with van der Waals surface area (Å²) in [4.78, 5) is 22.4. The van der Waals surface area contributed by atoms with E-state index < -0.39 is 45.8 Å². The molecular weight excluding hydrogens is 655 g/mol. The van der Waals surface area contributed by atoms with Gasteiger partial charge < -0.3 is 24.6 Å². The highest BCUT2D eigenvalue weighted by atomic mass is 31.2. The van der Waals surface area contributed by atoms with Gasteiger partial charge in [0.25, 0.3) is 0 Å². The fraction of sp³-hybridized carbons (Fsp3) is 0.775. The second kappa shape index (κ2) is 37.2. The van der Waals surface area contributed by atoms with E-state index in [0.29, 0.717) is 13.0 Å². The van der Waals surface area contributed by atoms with Crippen molar-refractivity contribution in [3.63, 3.8) is 0 Å². The first-order valence-corrected chi connectivity index (χ1v) is 21.1. The molecule has 50 heavy (non-hydrogen) atoms. The van der Waals surface area contributed by atoms with E-state index in [-0.39, 0.29) is 13.0 Å². The predicted octanol–water partition coefficient (Wildman–Crippen LogP) is 10.2. The summed E-state index contributed by atoms with van der Waals surface area (Å²) in [6.45, 7) is 3.30. The van der Waals surface area contributed by atoms with E-state index in [2.05, 4.69) is 50.3 Å². The molecule has 0 saturated heterocycles. The van der Waals surface area contributed by atoms with Gasteiger partial charge >= 0.3 is 13.8 Å². The van der Waals surface area contributed by atoms with Gasteiger partial charge in [0.15, 0.2) is 0 Å². The first kappa shape index (κ1) is 48.4. The molecule has 0 radical (unpaired) electrons. The number of carbonyl (C=O) groups is 1. The Labute approximate surface area is 305 Å². The molecule has 292 valence electrons. The highest BCUT2D eigenvalue weighted by molar-refractivity contribution is 7.47. The van der Waals surface area contributed by atoms with Gasteiger partial charge in [-0.05, 0) is 38.5 Å². The molecule has 0 heterocycles. The number of phosphoric ester groups is 1. The normalized spacial score (nSPS) is 14.7. The molecule has 0 aromatic rings. The molecule has 10 heteroatoms. The van der Waals surface area contributed by atoms with Crippen LogP contribution in [0.5, 0.6) is 0 Å². The number of aliphatic hydroxyl groups excluding tert-OH is 2. The Kier molecular flexibility index (Phi) is 36.0. The lowest BCUT2D eigenvalue weighted by molar-refractivity contribution is -0.154. The van der Waals surface area contributed by atoms with Crippen LogP contribution in [0.2, 0.25) is 0 Å². The van der Waals surface area contributed by atoms with Crippen molar-refractivity contribution in [2.75, 3.05) is 33.0 Å². The fourth-order valence-corrected chi connectivity index (χ4v) is 5.86. The molecule has 0 aliphatic carbocycles. The number of hydrogen-bond acceptors (Lipinski definition) is 8. The maximum atomic E-state index is 12.5. The highest BCUT2D eigenvalue weighted by Crippen LogP contribution is 2.43. The summed E-state index contributed by atoms with van der Waals surface area (Å²) in [6, 6.07) is 0. The van der Waals surface area contributed by atoms with Gasteiger partial charge in [-0.1, -0.05) is 159 Å². The van der Waals surface area contributed by atoms with E-state index in [1.54, 1.807) is 0 Å². The molecule has 0 fully saturated rings. The number of esters is 1. The molecule has 0 saturated carbocycles. The second-order valence-corrected chi connectivity index (χ2v) is 14.4. The van der Waals surface area contributed by atoms with E-state index in [1.165, 1.54) is 83.5 Å². The van der Waals surface area contributed by atoms with Gasteiger partial charge in [0, 0.05) is 13.0 Å². The molecule has 0 aromatic heterocycles. The number of hydrogen-bond donors (Lipinski definition) is 3. The van der Waals surface area contributed by atoms with Crippen molar-refractivity contribution in [3.8, 4) is 0 Å². The molecule has 0 amide bonds. The molecule has 3 atom stereocenters. The van der Waals surface area contributed by atoms with Crippen LogP contribution in [0.4, 0.5) is 0 Å². The zero-order chi connectivity index (χ0) is 36.8. The first-order chi connectivity index (χ1) is 24.3. The van der Waals surface area contributed by atoms with Crippen molar-refractivity contribution >= 4 is 13.8 Å². The summed E-state index contributed by atoms with van der Waals surface area (Å²) in [5.74, 6) is -0.462. The largest absolute Gasteiger partial charge is 0.472 e. The standard InChI is InChI=1S/C40H73O9P/c1-3-5-7-9-11-13-15-17-18-19-21-23-25-27-29-31-33-46-36-39(37-48-50(44,45)47-35-38(42)34-41)49-40(43)32-30-28-26-24-22-20-16-14-12-10-8-6-4-2/h6,8,12,14,20,22,26,28,38-39,41-42H,3-5,7,9-11,13,15-19,21,23-25,27,29-37H2,1-2H3,(H,44,45)/b8-6-,14-12-,22-20-,28-26-. The average molecular weight is 729 g/mol. The topological polar surface area (TPSA) is 132 Å². The summed E-state index contributed by atoms with van der Waals surface area (Å²) in [7, 11) is -4.53. The fourth-order valence-electron chi connectivity index (χ4n) is 5.07. The molecule has 0 aromatic carbocycles. The van der Waals surface area contributed by atoms with Gasteiger partial charge in [0.1, 0.15) is 12.2 Å². The third kappa shape index (κ3) is 36.2. The lowest BCUT2D eigenvalue weighted by Crippen LogP contribution is -2.29. The van der Waals surface area contributed by atoms with Gasteiger partial charge in [0.2, 0.25) is 0 Å². The lowest BCUT2D eigenvalue weighted by atomic mass is 10.0. The predicted molar refractivity (Wildman–Crippen MR) is 205 cm³/mol. The Morgan fingerprint density at radius 1 is 0.640 bits per heavy atom. The molecule has 0 aliphatic rings. The minimum Gasteiger partial charge on any atom is -0.457 e. The molecule has 3 N–H and O–H groups in total. The van der Waals surface area contributed by atoms with E-state index in [1.807, 2.05) is 12.2 Å². The number of aliphatic hydroxyl groups is 2. The Hall–Kier alpha value is -1.58. The van der Waals surface area contributed by atoms with Crippen molar-refractivity contribution in [3.05, 3.63) is 48.6 Å². The van der Waals surface area contributed by atoms with Crippen LogP contribution in [0.3, 0.4) is 0 Å². The number of carbonyl (C=O) groups excluding carboxylic acids is 1. The van der Waals surface area contributed by atoms with Gasteiger partial charge in [0.05, 0.1) is 26.4 Å². The average Bonchev–Trinajstić information content (AvgIpc) is 3.10. The number of phosphoric acid groups is 1. The summed E-state index contributed by atoms with van der Waals surface area (Å²) in [5.41, 5.74) is 0. The number of allylic oxidation sites excluding steroid dienone is 8. The third-order valence-electron chi connectivity index (χ3n) is 8.04. The van der Waals surface area contributed by atoms with Crippen LogP contribution < -0.4 is 0 Å². The van der Waals surface area contributed by atoms with Crippen molar-refractivity contribution in [2.45, 2.75) is 167 Å². The molecule has 9 nitrogen and oxygen atoms in total. The Bertz CT molecular complexity index is 919. The van der Waals surface area contributed by atoms with Crippen LogP contribution in [0, 0.1) is 0 Å². The van der Waals surface area contributed by atoms with E-state index in [9.17, 15) is 19.4 Å². The smallest absolute Gasteiger partial charge is 0.457 e. The highest BCUT2D eigenvalue weighted by Gasteiger charge is 2.26. The lowest BCUT2D eigenvalue weighted by Gasteiger charge is -2.20. The zero-order valence-electron chi connectivity index (χ0n) is 31.6. The maximum absolute atomic E-state index is 12.5. The van der Waals surface area contributed by atoms with Crippen molar-refractivity contribution < 1.29 is 43.0 Å². The van der Waals surface area contributed by atoms with Crippen LogP contribution >= 0.6 is 7.82 Å². The number of ether oxygens (including phenoxy) is 2. The number of unbranched alkanes of at least 4 members (excludes halogenated alkanes) is 15. The minimum atomic E-state index is -4.53. The maximum Gasteiger partial charge on any atom is 0.472 e. The Morgan fingerprint density at radius 2 is 1.10 bits per heavy atom. The van der Waals surface area contributed by atoms with Crippen molar-refractivity contribution in [1.29, 1.82) is 0 Å². The first-order valence-electron chi connectivity index (χ1n) is 19.6. The molecule has 0 rings (SSSR count). The second-order valence-electron chi connectivity index (χ2n) is 12.9. The third-order valence-corrected chi connectivity index (χ3v) is 8.99. The zero-order valence-corrected chi connectivity index (χ0v) is 32.5. The van der Waals surface area contributed by atoms with Gasteiger partial charge in [-0.25, -0.2) is 4.57 Å². The van der Waals surface area contributed by atoms with E-state index >= 15 is 0 Å². The van der Waals surface area contributed by atoms with Crippen LogP contribution in [0.1, 0.15) is 155 Å². The molecular formula is C40H73O9P. The monoisotopic (exact) mass is 728 g/mol. The van der Waals surface area contributed by atoms with E-state index in [0.717, 1.165) is 44.9 Å². The van der Waals surface area contributed by atoms with Crippen LogP contribution in [-0.4, -0.2) is 66.3 Å². The quantitative estimate of drug-likeness (QED) is 0.0247. The molecule has 0 spiro atoms. The van der Waals surface area contributed by atoms with Crippen LogP contribution in [0.15, 0.2) is 48.6 Å². The summed E-state index contributed by atoms with van der Waals surface area (Å²) in [6.07, 6.45) is 39.5. The van der Waals surface area contributed by atoms with E-state index in [4.69, 9.17) is 23.6 Å². The molecule has 0 aliphatic heterocycles. The van der Waals surface area contributed by atoms with Gasteiger partial charge in [-0.15, -0.1) is 0 Å². The van der Waals surface area contributed by atoms with Crippen LogP contribution in [0.25, 0.3) is 0 Å². The van der Waals surface area contributed by atoms with Gasteiger partial charge in [-0.2, -0.15) is 0 Å². The van der Waals surface area contributed by atoms with Crippen LogP contribution in [-0.2, 0) is 27.9 Å². The summed E-state index contributed by atoms with van der Waals surface area (Å²) in [5, 5.41) is 18.3. The minimum absolute atomic E-state index is 0.0215. The summed E-state index contributed by atoms with van der Waals surface area (Å²) < 4.78 is 33.2. The van der Waals surface area contributed by atoms with Crippen molar-refractivity contribution in [1.82, 2.24) is 0 Å².